The lowest BCUT2D eigenvalue weighted by atomic mass is 10.4. The van der Waals surface area contributed by atoms with Crippen molar-refractivity contribution in [3.8, 4) is 5.88 Å². The molecule has 2 aromatic rings. The van der Waals surface area contributed by atoms with Gasteiger partial charge in [-0.25, -0.2) is 0 Å². The minimum atomic E-state index is 0.536. The molecule has 0 aromatic carbocycles. The lowest BCUT2D eigenvalue weighted by molar-refractivity contribution is 0.290. The van der Waals surface area contributed by atoms with Gasteiger partial charge in [0.1, 0.15) is 5.82 Å². The Hall–Kier alpha value is -1.27. The first-order valence-corrected chi connectivity index (χ1v) is 8.24. The molecule has 2 heterocycles. The van der Waals surface area contributed by atoms with E-state index in [1.807, 2.05) is 12.1 Å². The Kier molecular flexibility index (Phi) is 4.12. The number of aromatic nitrogens is 1. The zero-order valence-electron chi connectivity index (χ0n) is 10.9. The van der Waals surface area contributed by atoms with Crippen LogP contribution in [-0.2, 0) is 6.54 Å². The maximum atomic E-state index is 5.89. The number of halogens is 1. The summed E-state index contributed by atoms with van der Waals surface area (Å²) in [6, 6.07) is 5.81. The summed E-state index contributed by atoms with van der Waals surface area (Å²) < 4.78 is 6.79. The van der Waals surface area contributed by atoms with E-state index in [0.29, 0.717) is 17.5 Å². The van der Waals surface area contributed by atoms with E-state index >= 15 is 0 Å². The molecule has 6 heteroatoms. The monoisotopic (exact) mass is 353 g/mol. The van der Waals surface area contributed by atoms with Crippen LogP contribution >= 0.6 is 27.3 Å². The highest BCUT2D eigenvalue weighted by molar-refractivity contribution is 9.10. The van der Waals surface area contributed by atoms with Gasteiger partial charge in [-0.15, -0.1) is 11.3 Å². The van der Waals surface area contributed by atoms with Gasteiger partial charge in [0.05, 0.1) is 18.8 Å². The first-order valence-electron chi connectivity index (χ1n) is 6.57. The van der Waals surface area contributed by atoms with Crippen molar-refractivity contribution in [2.75, 3.05) is 17.7 Å². The molecule has 4 nitrogen and oxygen atoms in total. The van der Waals surface area contributed by atoms with Crippen molar-refractivity contribution in [2.24, 2.45) is 5.92 Å². The van der Waals surface area contributed by atoms with Gasteiger partial charge in [-0.1, -0.05) is 0 Å². The van der Waals surface area contributed by atoms with Gasteiger partial charge in [-0.2, -0.15) is 4.98 Å². The van der Waals surface area contributed by atoms with Crippen LogP contribution < -0.4 is 15.8 Å². The van der Waals surface area contributed by atoms with Gasteiger partial charge in [0, 0.05) is 14.7 Å². The molecule has 106 valence electrons. The zero-order chi connectivity index (χ0) is 13.9. The molecule has 20 heavy (non-hydrogen) atoms. The second-order valence-corrected chi connectivity index (χ2v) is 6.84. The lowest BCUT2D eigenvalue weighted by Gasteiger charge is -2.10. The predicted octanol–water partition coefficient (Wildman–Crippen LogP) is 3.89. The molecular weight excluding hydrogens is 338 g/mol. The highest BCUT2D eigenvalue weighted by Crippen LogP contribution is 2.30. The molecule has 0 bridgehead atoms. The van der Waals surface area contributed by atoms with Gasteiger partial charge in [0.25, 0.3) is 0 Å². The first-order chi connectivity index (χ1) is 9.70. The second kappa shape index (κ2) is 6.01. The van der Waals surface area contributed by atoms with Gasteiger partial charge in [0.2, 0.25) is 5.88 Å². The van der Waals surface area contributed by atoms with Crippen LogP contribution in [0.5, 0.6) is 5.88 Å². The Balaban J connectivity index is 1.61. The van der Waals surface area contributed by atoms with Crippen molar-refractivity contribution in [2.45, 2.75) is 19.4 Å². The SMILES string of the molecule is Nc1ccc(NCc2cc(Br)cs2)nc1OCC1CC1. The van der Waals surface area contributed by atoms with E-state index in [0.717, 1.165) is 23.4 Å². The Labute approximate surface area is 130 Å². The number of pyridine rings is 1. The number of nitrogens with one attached hydrogen (secondary N) is 1. The fourth-order valence-electron chi connectivity index (χ4n) is 1.77. The summed E-state index contributed by atoms with van der Waals surface area (Å²) in [7, 11) is 0. The van der Waals surface area contributed by atoms with Crippen LogP contribution in [0, 0.1) is 5.92 Å². The minimum absolute atomic E-state index is 0.536. The third kappa shape index (κ3) is 3.64. The number of anilines is 2. The minimum Gasteiger partial charge on any atom is -0.476 e. The topological polar surface area (TPSA) is 60.2 Å². The summed E-state index contributed by atoms with van der Waals surface area (Å²) in [5.41, 5.74) is 6.48. The normalized spacial score (nSPS) is 14.2. The Morgan fingerprint density at radius 3 is 3.00 bits per heavy atom. The molecule has 0 spiro atoms. The van der Waals surface area contributed by atoms with Crippen molar-refractivity contribution in [1.82, 2.24) is 4.98 Å². The van der Waals surface area contributed by atoms with E-state index in [1.165, 1.54) is 17.7 Å². The van der Waals surface area contributed by atoms with Gasteiger partial charge in [-0.3, -0.25) is 0 Å². The third-order valence-electron chi connectivity index (χ3n) is 3.11. The highest BCUT2D eigenvalue weighted by atomic mass is 79.9. The van der Waals surface area contributed by atoms with Gasteiger partial charge in [-0.05, 0) is 52.9 Å². The largest absolute Gasteiger partial charge is 0.476 e. The molecule has 0 amide bonds. The Morgan fingerprint density at radius 2 is 2.30 bits per heavy atom. The van der Waals surface area contributed by atoms with Crippen molar-refractivity contribution in [1.29, 1.82) is 0 Å². The number of thiophene rings is 1. The van der Waals surface area contributed by atoms with E-state index in [9.17, 15) is 0 Å². The molecule has 0 unspecified atom stereocenters. The van der Waals surface area contributed by atoms with Crippen LogP contribution in [0.3, 0.4) is 0 Å². The maximum Gasteiger partial charge on any atom is 0.239 e. The summed E-state index contributed by atoms with van der Waals surface area (Å²) in [4.78, 5) is 5.67. The lowest BCUT2D eigenvalue weighted by Crippen LogP contribution is -2.06. The van der Waals surface area contributed by atoms with Crippen LogP contribution in [-0.4, -0.2) is 11.6 Å². The quantitative estimate of drug-likeness (QED) is 0.826. The van der Waals surface area contributed by atoms with Crippen LogP contribution in [0.1, 0.15) is 17.7 Å². The molecule has 1 aliphatic rings. The summed E-state index contributed by atoms with van der Waals surface area (Å²) in [5, 5.41) is 5.36. The number of nitrogens with zero attached hydrogens (tertiary/aromatic N) is 1. The molecule has 0 aliphatic heterocycles. The van der Waals surface area contributed by atoms with Crippen molar-refractivity contribution < 1.29 is 4.74 Å². The van der Waals surface area contributed by atoms with E-state index in [2.05, 4.69) is 37.7 Å². The van der Waals surface area contributed by atoms with Crippen molar-refractivity contribution in [3.63, 3.8) is 0 Å². The average molecular weight is 354 g/mol. The van der Waals surface area contributed by atoms with Crippen LogP contribution in [0.4, 0.5) is 11.5 Å². The number of ether oxygens (including phenoxy) is 1. The molecule has 0 radical (unpaired) electrons. The van der Waals surface area contributed by atoms with E-state index in [4.69, 9.17) is 10.5 Å². The zero-order valence-corrected chi connectivity index (χ0v) is 13.3. The van der Waals surface area contributed by atoms with E-state index < -0.39 is 0 Å². The molecule has 1 saturated carbocycles. The smallest absolute Gasteiger partial charge is 0.239 e. The number of rotatable bonds is 6. The molecule has 2 aromatic heterocycles. The number of nitrogen functional groups attached to an aromatic ring is 1. The fraction of sp³-hybridized carbons (Fsp3) is 0.357. The van der Waals surface area contributed by atoms with Crippen LogP contribution in [0.15, 0.2) is 28.1 Å². The standard InChI is InChI=1S/C14H16BrN3OS/c15-10-5-11(20-8-10)6-17-13-4-3-12(16)14(18-13)19-7-9-1-2-9/h3-5,8-9H,1-2,6-7,16H2,(H,17,18). The van der Waals surface area contributed by atoms with E-state index in [1.54, 1.807) is 11.3 Å². The van der Waals surface area contributed by atoms with Gasteiger partial charge in [0.15, 0.2) is 0 Å². The highest BCUT2D eigenvalue weighted by Gasteiger charge is 2.22. The summed E-state index contributed by atoms with van der Waals surface area (Å²) in [6.07, 6.45) is 2.51. The van der Waals surface area contributed by atoms with E-state index in [-0.39, 0.29) is 0 Å². The average Bonchev–Trinajstić information content (AvgIpc) is 3.18. The second-order valence-electron chi connectivity index (χ2n) is 4.93. The van der Waals surface area contributed by atoms with Crippen LogP contribution in [0.25, 0.3) is 0 Å². The molecule has 0 saturated heterocycles. The summed E-state index contributed by atoms with van der Waals surface area (Å²) in [5.74, 6) is 2.01. The van der Waals surface area contributed by atoms with Gasteiger partial charge >= 0.3 is 0 Å². The predicted molar refractivity (Wildman–Crippen MR) is 86.2 cm³/mol. The molecule has 0 atom stereocenters. The molecule has 3 rings (SSSR count). The number of hydrogen-bond donors (Lipinski definition) is 2. The van der Waals surface area contributed by atoms with Crippen LogP contribution in [0.2, 0.25) is 0 Å². The maximum absolute atomic E-state index is 5.89. The molecular formula is C14H16BrN3OS. The third-order valence-corrected chi connectivity index (χ3v) is 4.81. The molecule has 1 aliphatic carbocycles. The first kappa shape index (κ1) is 13.7. The Bertz CT molecular complexity index is 598. The summed E-state index contributed by atoms with van der Waals surface area (Å²) >= 11 is 5.16. The molecule has 3 N–H and O–H groups in total. The van der Waals surface area contributed by atoms with Gasteiger partial charge < -0.3 is 15.8 Å². The number of hydrogen-bond acceptors (Lipinski definition) is 5. The number of nitrogens with two attached hydrogens (primary N) is 1. The van der Waals surface area contributed by atoms with Crippen molar-refractivity contribution >= 4 is 38.8 Å². The summed E-state index contributed by atoms with van der Waals surface area (Å²) in [6.45, 7) is 1.47. The fourth-order valence-corrected chi connectivity index (χ4v) is 3.16. The molecule has 1 fully saturated rings. The van der Waals surface area contributed by atoms with Crippen molar-refractivity contribution in [3.05, 3.63) is 32.9 Å². The Morgan fingerprint density at radius 1 is 1.45 bits per heavy atom.